The van der Waals surface area contributed by atoms with Gasteiger partial charge in [-0.1, -0.05) is 0 Å². The molecule has 0 aliphatic carbocycles. The van der Waals surface area contributed by atoms with E-state index in [1.165, 1.54) is 0 Å². The lowest BCUT2D eigenvalue weighted by Crippen LogP contribution is -2.11. The molecule has 0 radical (unpaired) electrons. The van der Waals surface area contributed by atoms with E-state index in [9.17, 15) is 4.79 Å². The molecule has 0 bridgehead atoms. The van der Waals surface area contributed by atoms with Gasteiger partial charge in [-0.25, -0.2) is 4.79 Å². The van der Waals surface area contributed by atoms with Gasteiger partial charge < -0.3 is 15.7 Å². The molecule has 0 unspecified atom stereocenters. The van der Waals surface area contributed by atoms with Gasteiger partial charge in [-0.2, -0.15) is 0 Å². The predicted molar refractivity (Wildman–Crippen MR) is 18.9 cm³/mol. The van der Waals surface area contributed by atoms with Gasteiger partial charge in [-0.15, -0.1) is 4.79 Å². The van der Waals surface area contributed by atoms with Gasteiger partial charge >= 0.3 is 11.9 Å². The van der Waals surface area contributed by atoms with Gasteiger partial charge in [0.25, 0.3) is 0 Å². The fraction of sp³-hybridized carbons (Fsp3) is 0. The summed E-state index contributed by atoms with van der Waals surface area (Å²) in [6.07, 6.45) is 0. The smallest absolute Gasteiger partial charge is 0.470 e. The van der Waals surface area contributed by atoms with Crippen LogP contribution in [-0.4, -0.2) is 26.9 Å². The molecule has 7 heavy (non-hydrogen) atoms. The van der Waals surface area contributed by atoms with Crippen molar-refractivity contribution in [2.24, 2.45) is 0 Å². The van der Waals surface area contributed by atoms with Crippen molar-refractivity contribution in [3.8, 4) is 0 Å². The van der Waals surface area contributed by atoms with Crippen LogP contribution in [-0.2, 0) is 4.79 Å². The van der Waals surface area contributed by atoms with Gasteiger partial charge in [0.05, 0.1) is 0 Å². The summed E-state index contributed by atoms with van der Waals surface area (Å²) in [5.74, 6) is -2.96. The number of aliphatic hydroxyl groups excluding tert-OH is 1. The van der Waals surface area contributed by atoms with Gasteiger partial charge in [-0.05, 0) is 0 Å². The van der Waals surface area contributed by atoms with Crippen molar-refractivity contribution < 1.29 is 19.8 Å². The van der Waals surface area contributed by atoms with Crippen LogP contribution in [0.3, 0.4) is 0 Å². The number of carboxylic acid groups (broad SMARTS) is 1. The fourth-order valence-electron chi connectivity index (χ4n) is 0.0428. The average molecular weight is 102 g/mol. The molecule has 0 rings (SSSR count). The molecular weight excluding hydrogens is 100 g/mol. The van der Waals surface area contributed by atoms with E-state index in [-0.39, 0.29) is 0 Å². The molecule has 0 spiro atoms. The van der Waals surface area contributed by atoms with Gasteiger partial charge in [0, 0.05) is 0 Å². The molecule has 0 atom stereocenters. The second-order valence-electron chi connectivity index (χ2n) is 0.729. The van der Waals surface area contributed by atoms with Gasteiger partial charge in [0.1, 0.15) is 0 Å². The summed E-state index contributed by atoms with van der Waals surface area (Å²) < 4.78 is 0. The molecule has 0 aromatic carbocycles. The number of aliphatic hydroxyl groups is 1. The maximum Gasteiger partial charge on any atom is 0.558 e. The molecule has 0 aliphatic heterocycles. The molecule has 38 valence electrons. The molecular formula is C2H2N2O3. The summed E-state index contributed by atoms with van der Waals surface area (Å²) in [5, 5.41) is 15.5. The average Bonchev–Trinajstić information content (AvgIpc) is 1.65. The van der Waals surface area contributed by atoms with Gasteiger partial charge in [0.2, 0.25) is 0 Å². The van der Waals surface area contributed by atoms with Crippen molar-refractivity contribution in [3.63, 3.8) is 0 Å². The van der Waals surface area contributed by atoms with Crippen LogP contribution in [0.5, 0.6) is 0 Å². The van der Waals surface area contributed by atoms with E-state index in [0.29, 0.717) is 0 Å². The highest BCUT2D eigenvalue weighted by molar-refractivity contribution is 6.27. The first-order chi connectivity index (χ1) is 3.18. The molecule has 0 saturated heterocycles. The van der Waals surface area contributed by atoms with E-state index in [0.717, 1.165) is 0 Å². The monoisotopic (exact) mass is 102 g/mol. The molecule has 0 amide bonds. The summed E-state index contributed by atoms with van der Waals surface area (Å²) in [6, 6.07) is 0. The van der Waals surface area contributed by atoms with Crippen molar-refractivity contribution in [1.29, 1.82) is 0 Å². The molecule has 5 nitrogen and oxygen atoms in total. The molecule has 0 aromatic heterocycles. The predicted octanol–water partition coefficient (Wildman–Crippen LogP) is -0.743. The zero-order valence-corrected chi connectivity index (χ0v) is 3.20. The third-order valence-electron chi connectivity index (χ3n) is 0.286. The first kappa shape index (κ1) is 5.65. The lowest BCUT2D eigenvalue weighted by Gasteiger charge is -1.68. The summed E-state index contributed by atoms with van der Waals surface area (Å²) in [4.78, 5) is 11.4. The van der Waals surface area contributed by atoms with Crippen LogP contribution >= 0.6 is 0 Å². The van der Waals surface area contributed by atoms with Gasteiger partial charge in [0.15, 0.2) is 0 Å². The van der Waals surface area contributed by atoms with Crippen LogP contribution < -0.4 is 0 Å². The highest BCUT2D eigenvalue weighted by Crippen LogP contribution is 1.57. The highest BCUT2D eigenvalue weighted by Gasteiger charge is 2.13. The highest BCUT2D eigenvalue weighted by atomic mass is 16.4. The lowest BCUT2D eigenvalue weighted by atomic mass is 10.7. The number of carbonyl (C=O) groups is 1. The van der Waals surface area contributed by atoms with Crippen molar-refractivity contribution >= 4 is 11.9 Å². The van der Waals surface area contributed by atoms with Crippen LogP contribution in [0.4, 0.5) is 0 Å². The summed E-state index contributed by atoms with van der Waals surface area (Å²) >= 11 is 0. The van der Waals surface area contributed by atoms with Crippen LogP contribution in [0.15, 0.2) is 0 Å². The Kier molecular flexibility index (Phi) is 1.57. The molecule has 0 aromatic rings. The lowest BCUT2D eigenvalue weighted by molar-refractivity contribution is -0.137. The molecule has 0 saturated carbocycles. The van der Waals surface area contributed by atoms with Gasteiger partial charge in [-0.3, -0.25) is 0 Å². The summed E-state index contributed by atoms with van der Waals surface area (Å²) in [7, 11) is 0. The third kappa shape index (κ3) is 1.51. The first-order valence-electron chi connectivity index (χ1n) is 1.32. The minimum Gasteiger partial charge on any atom is -0.470 e. The quantitative estimate of drug-likeness (QED) is 0.182. The third-order valence-corrected chi connectivity index (χ3v) is 0.286. The van der Waals surface area contributed by atoms with Crippen LogP contribution in [0.2, 0.25) is 0 Å². The zero-order valence-electron chi connectivity index (χ0n) is 3.20. The van der Waals surface area contributed by atoms with Crippen molar-refractivity contribution in [2.45, 2.75) is 0 Å². The Hall–Kier alpha value is -1.35. The first-order valence-corrected chi connectivity index (χ1v) is 1.32. The number of hydrogen-bond donors (Lipinski definition) is 2. The largest absolute Gasteiger partial charge is 0.558 e. The molecule has 0 aliphatic rings. The van der Waals surface area contributed by atoms with Crippen LogP contribution in [0, 0.1) is 0 Å². The number of aliphatic carboxylic acids is 1. The minimum absolute atomic E-state index is 1.31. The Morgan fingerprint density at radius 3 is 2.00 bits per heavy atom. The fourth-order valence-corrected chi connectivity index (χ4v) is 0.0428. The van der Waals surface area contributed by atoms with Crippen molar-refractivity contribution in [3.05, 3.63) is 5.53 Å². The minimum atomic E-state index is -1.65. The Morgan fingerprint density at radius 1 is 1.57 bits per heavy atom. The number of rotatable bonds is 0. The van der Waals surface area contributed by atoms with E-state index < -0.39 is 11.9 Å². The summed E-state index contributed by atoms with van der Waals surface area (Å²) in [6.45, 7) is 0. The van der Waals surface area contributed by atoms with E-state index in [1.54, 1.807) is 0 Å². The summed E-state index contributed by atoms with van der Waals surface area (Å²) in [5.41, 5.74) is 7.46. The number of hydrogen-bond acceptors (Lipinski definition) is 1. The topological polar surface area (TPSA) is 93.9 Å². The number of nitrogens with zero attached hydrogens (tertiary/aromatic N) is 2. The maximum absolute atomic E-state index is 9.39. The normalized spacial score (nSPS) is 6.86. The Labute approximate surface area is 38.4 Å². The van der Waals surface area contributed by atoms with E-state index >= 15 is 0 Å². The van der Waals surface area contributed by atoms with Crippen LogP contribution in [0.25, 0.3) is 5.53 Å². The molecule has 5 heteroatoms. The van der Waals surface area contributed by atoms with E-state index in [2.05, 4.69) is 0 Å². The SMILES string of the molecule is [N-]=[N+]=C(O)C(=O)O. The molecule has 0 heterocycles. The second kappa shape index (κ2) is 1.94. The Balaban J connectivity index is 4.10. The van der Waals surface area contributed by atoms with Crippen molar-refractivity contribution in [2.75, 3.05) is 0 Å². The number of carboxylic acids is 1. The van der Waals surface area contributed by atoms with Crippen LogP contribution in [0.1, 0.15) is 0 Å². The van der Waals surface area contributed by atoms with E-state index in [1.807, 2.05) is 4.79 Å². The van der Waals surface area contributed by atoms with Crippen molar-refractivity contribution in [1.82, 2.24) is 0 Å². The Morgan fingerprint density at radius 2 is 2.00 bits per heavy atom. The molecule has 2 N–H and O–H groups in total. The standard InChI is InChI=1S/C2H2N2O3/c3-4-1(5)2(6)7/h5H,(H,6,7). The zero-order chi connectivity index (χ0) is 5.86. The maximum atomic E-state index is 9.39. The molecule has 0 fully saturated rings. The van der Waals surface area contributed by atoms with E-state index in [4.69, 9.17) is 15.7 Å². The Bertz CT molecular complexity index is 134. The second-order valence-corrected chi connectivity index (χ2v) is 0.729.